The summed E-state index contributed by atoms with van der Waals surface area (Å²) in [7, 11) is -0.503. The normalized spacial score (nSPS) is 26.2. The molecule has 0 spiro atoms. The average molecular weight is 439 g/mol. The summed E-state index contributed by atoms with van der Waals surface area (Å²) in [6.45, 7) is 13.5. The van der Waals surface area contributed by atoms with Crippen molar-refractivity contribution in [2.75, 3.05) is 7.11 Å². The Labute approximate surface area is 186 Å². The van der Waals surface area contributed by atoms with Gasteiger partial charge in [0.25, 0.3) is 0 Å². The molecule has 0 bridgehead atoms. The molecule has 0 unspecified atom stereocenters. The number of hydrogen-bond donors (Lipinski definition) is 0. The zero-order valence-corrected chi connectivity index (χ0v) is 20.8. The molecule has 31 heavy (non-hydrogen) atoms. The van der Waals surface area contributed by atoms with Crippen LogP contribution in [0.25, 0.3) is 0 Å². The van der Waals surface area contributed by atoms with Crippen LogP contribution in [0.2, 0.25) is 18.1 Å². The predicted molar refractivity (Wildman–Crippen MR) is 125 cm³/mol. The molecule has 4 nitrogen and oxygen atoms in total. The molecule has 3 aliphatic carbocycles. The molecule has 1 aromatic rings. The number of allylic oxidation sites excluding steroid dienone is 2. The van der Waals surface area contributed by atoms with Crippen LogP contribution >= 0.6 is 0 Å². The third kappa shape index (κ3) is 3.56. The molecule has 1 fully saturated rings. The smallest absolute Gasteiger partial charge is 0.194 e. The maximum absolute atomic E-state index is 13.8. The van der Waals surface area contributed by atoms with Gasteiger partial charge in [-0.2, -0.15) is 0 Å². The quantitative estimate of drug-likeness (QED) is 0.420. The van der Waals surface area contributed by atoms with Crippen LogP contribution in [-0.4, -0.2) is 33.1 Å². The summed E-state index contributed by atoms with van der Waals surface area (Å²) in [6, 6.07) is 5.31. The molecule has 4 rings (SSSR count). The molecule has 0 heterocycles. The highest BCUT2D eigenvalue weighted by Crippen LogP contribution is 2.50. The van der Waals surface area contributed by atoms with Crippen LogP contribution in [0.3, 0.4) is 0 Å². The van der Waals surface area contributed by atoms with Crippen molar-refractivity contribution in [2.24, 2.45) is 11.8 Å². The van der Waals surface area contributed by atoms with Crippen molar-refractivity contribution in [2.45, 2.75) is 71.2 Å². The van der Waals surface area contributed by atoms with Crippen molar-refractivity contribution in [1.82, 2.24) is 0 Å². The Hall–Kier alpha value is -1.98. The first-order valence-corrected chi connectivity index (χ1v) is 14.2. The van der Waals surface area contributed by atoms with Crippen LogP contribution in [0.1, 0.15) is 67.7 Å². The topological polar surface area (TPSA) is 52.6 Å². The summed E-state index contributed by atoms with van der Waals surface area (Å²) in [5.41, 5.74) is 3.47. The molecular formula is C26H34O4Si. The SMILES string of the molecule is COc1cccc2c1C(=O)C1=C(C2=O)[C@@H]2C(=CC1)C[C@H](C)C[C@H]2O[Si](C)(C)C(C)(C)C. The summed E-state index contributed by atoms with van der Waals surface area (Å²) in [5.74, 6) is 0.758. The van der Waals surface area contributed by atoms with Gasteiger partial charge in [0, 0.05) is 22.6 Å². The highest BCUT2D eigenvalue weighted by atomic mass is 28.4. The molecule has 1 aromatic carbocycles. The Morgan fingerprint density at radius 2 is 1.81 bits per heavy atom. The monoisotopic (exact) mass is 438 g/mol. The van der Waals surface area contributed by atoms with Crippen LogP contribution in [0, 0.1) is 11.8 Å². The Balaban J connectivity index is 1.81. The first-order chi connectivity index (χ1) is 14.5. The van der Waals surface area contributed by atoms with Gasteiger partial charge in [-0.15, -0.1) is 0 Å². The molecule has 5 heteroatoms. The van der Waals surface area contributed by atoms with Gasteiger partial charge in [-0.3, -0.25) is 9.59 Å². The number of rotatable bonds is 3. The number of Topliss-reactive ketones (excluding diaryl/α,β-unsaturated/α-hetero) is 2. The van der Waals surface area contributed by atoms with E-state index >= 15 is 0 Å². The van der Waals surface area contributed by atoms with Crippen molar-refractivity contribution < 1.29 is 18.8 Å². The Bertz CT molecular complexity index is 1010. The van der Waals surface area contributed by atoms with Crippen molar-refractivity contribution in [3.05, 3.63) is 52.1 Å². The minimum Gasteiger partial charge on any atom is -0.496 e. The van der Waals surface area contributed by atoms with Gasteiger partial charge in [0.15, 0.2) is 19.9 Å². The van der Waals surface area contributed by atoms with Crippen LogP contribution in [-0.2, 0) is 4.43 Å². The Kier molecular flexibility index (Phi) is 5.42. The number of carbonyl (C=O) groups is 2. The molecule has 0 saturated heterocycles. The first kappa shape index (κ1) is 22.2. The second-order valence-corrected chi connectivity index (χ2v) is 15.6. The molecule has 3 aliphatic rings. The summed E-state index contributed by atoms with van der Waals surface area (Å²) < 4.78 is 12.4. The highest BCUT2D eigenvalue weighted by Gasteiger charge is 2.48. The van der Waals surface area contributed by atoms with Gasteiger partial charge in [0.05, 0.1) is 18.8 Å². The van der Waals surface area contributed by atoms with Gasteiger partial charge in [-0.05, 0) is 49.4 Å². The molecule has 0 radical (unpaired) electrons. The average Bonchev–Trinajstić information content (AvgIpc) is 2.69. The zero-order chi connectivity index (χ0) is 22.7. The van der Waals surface area contributed by atoms with E-state index in [1.807, 2.05) is 0 Å². The van der Waals surface area contributed by atoms with Gasteiger partial charge in [-0.25, -0.2) is 0 Å². The van der Waals surface area contributed by atoms with Gasteiger partial charge in [-0.1, -0.05) is 51.5 Å². The third-order valence-corrected chi connectivity index (χ3v) is 12.2. The maximum atomic E-state index is 13.8. The summed E-state index contributed by atoms with van der Waals surface area (Å²) in [5, 5.41) is 0.0792. The molecule has 0 N–H and O–H groups in total. The largest absolute Gasteiger partial charge is 0.496 e. The number of ketones is 2. The highest BCUT2D eigenvalue weighted by molar-refractivity contribution is 6.74. The van der Waals surface area contributed by atoms with E-state index in [0.29, 0.717) is 40.4 Å². The number of methoxy groups -OCH3 is 1. The number of hydrogen-bond acceptors (Lipinski definition) is 4. The number of benzene rings is 1. The van der Waals surface area contributed by atoms with Gasteiger partial charge in [0.1, 0.15) is 5.75 Å². The molecule has 3 atom stereocenters. The molecule has 0 aliphatic heterocycles. The summed E-state index contributed by atoms with van der Waals surface area (Å²) >= 11 is 0. The minimum absolute atomic E-state index is 0.0301. The fraction of sp³-hybridized carbons (Fsp3) is 0.538. The van der Waals surface area contributed by atoms with Gasteiger partial charge in [0.2, 0.25) is 0 Å². The zero-order valence-electron chi connectivity index (χ0n) is 19.8. The van der Waals surface area contributed by atoms with Crippen molar-refractivity contribution in [3.8, 4) is 5.75 Å². The Morgan fingerprint density at radius 1 is 1.10 bits per heavy atom. The second-order valence-electron chi connectivity index (χ2n) is 10.9. The second kappa shape index (κ2) is 7.56. The van der Waals surface area contributed by atoms with E-state index < -0.39 is 8.32 Å². The Morgan fingerprint density at radius 3 is 2.45 bits per heavy atom. The fourth-order valence-electron chi connectivity index (χ4n) is 5.08. The third-order valence-electron chi connectivity index (χ3n) is 7.68. The van der Waals surface area contributed by atoms with E-state index in [1.54, 1.807) is 25.3 Å². The molecule has 0 aromatic heterocycles. The summed E-state index contributed by atoms with van der Waals surface area (Å²) in [4.78, 5) is 27.3. The maximum Gasteiger partial charge on any atom is 0.194 e. The van der Waals surface area contributed by atoms with E-state index in [9.17, 15) is 9.59 Å². The van der Waals surface area contributed by atoms with Crippen LogP contribution in [0.15, 0.2) is 41.0 Å². The lowest BCUT2D eigenvalue weighted by atomic mass is 9.65. The summed E-state index contributed by atoms with van der Waals surface area (Å²) in [6.07, 6.45) is 4.52. The van der Waals surface area contributed by atoms with Crippen LogP contribution in [0.5, 0.6) is 5.75 Å². The van der Waals surface area contributed by atoms with Gasteiger partial charge < -0.3 is 9.16 Å². The first-order valence-electron chi connectivity index (χ1n) is 11.3. The molecular weight excluding hydrogens is 404 g/mol. The van der Waals surface area contributed by atoms with Crippen molar-refractivity contribution >= 4 is 19.9 Å². The number of fused-ring (bicyclic) bond motifs is 3. The van der Waals surface area contributed by atoms with E-state index in [0.717, 1.165) is 12.8 Å². The molecule has 1 saturated carbocycles. The van der Waals surface area contributed by atoms with E-state index in [-0.39, 0.29) is 28.6 Å². The minimum atomic E-state index is -2.05. The molecule has 166 valence electrons. The lowest BCUT2D eigenvalue weighted by Gasteiger charge is -2.47. The van der Waals surface area contributed by atoms with E-state index in [2.05, 4.69) is 46.9 Å². The van der Waals surface area contributed by atoms with E-state index in [4.69, 9.17) is 9.16 Å². The van der Waals surface area contributed by atoms with Crippen LogP contribution in [0.4, 0.5) is 0 Å². The van der Waals surface area contributed by atoms with Gasteiger partial charge >= 0.3 is 0 Å². The number of ether oxygens (including phenoxy) is 1. The van der Waals surface area contributed by atoms with E-state index in [1.165, 1.54) is 5.57 Å². The number of carbonyl (C=O) groups excluding carboxylic acids is 2. The lowest BCUT2D eigenvalue weighted by molar-refractivity contribution is 0.0836. The molecule has 0 amide bonds. The van der Waals surface area contributed by atoms with Crippen LogP contribution < -0.4 is 4.74 Å². The lowest BCUT2D eigenvalue weighted by Crippen LogP contribution is -2.49. The van der Waals surface area contributed by atoms with Crippen molar-refractivity contribution in [1.29, 1.82) is 0 Å². The standard InChI is InChI=1S/C26H34O4Si/c1-15-13-16-11-12-18-23(21(16)20(14-15)30-31(6,7)26(2,3)4)25(28)17-9-8-10-19(29-5)22(17)24(18)27/h8-11,15,20-21H,12-14H2,1-7H3/t15-,20+,21+/m0/s1. The van der Waals surface area contributed by atoms with Crippen molar-refractivity contribution in [3.63, 3.8) is 0 Å². The predicted octanol–water partition coefficient (Wildman–Crippen LogP) is 6.14. The fourth-order valence-corrected chi connectivity index (χ4v) is 6.42.